The van der Waals surface area contributed by atoms with Gasteiger partial charge in [-0.25, -0.2) is 9.78 Å². The van der Waals surface area contributed by atoms with Crippen molar-refractivity contribution in [2.45, 2.75) is 32.9 Å². The molecule has 19 heavy (non-hydrogen) atoms. The smallest absolute Gasteiger partial charge is 0.433 e. The summed E-state index contributed by atoms with van der Waals surface area (Å²) in [5.74, 6) is -1.14. The lowest BCUT2D eigenvalue weighted by Crippen LogP contribution is -2.11. The Morgan fingerprint density at radius 2 is 2.05 bits per heavy atom. The first-order valence-electron chi connectivity index (χ1n) is 5.74. The Kier molecular flexibility index (Phi) is 4.69. The molecule has 3 nitrogen and oxygen atoms in total. The second kappa shape index (κ2) is 5.86. The SMILES string of the molecule is CCCc1nc(C(F)(F)F)ccc1C(C)=CC(=O)O. The van der Waals surface area contributed by atoms with Gasteiger partial charge in [-0.3, -0.25) is 0 Å². The molecule has 0 radical (unpaired) electrons. The van der Waals surface area contributed by atoms with Crippen LogP contribution in [0, 0.1) is 0 Å². The lowest BCUT2D eigenvalue weighted by Gasteiger charge is -2.12. The number of rotatable bonds is 4. The molecule has 0 saturated heterocycles. The Morgan fingerprint density at radius 3 is 2.53 bits per heavy atom. The number of hydrogen-bond acceptors (Lipinski definition) is 2. The highest BCUT2D eigenvalue weighted by Crippen LogP contribution is 2.30. The van der Waals surface area contributed by atoms with Gasteiger partial charge in [-0.05, 0) is 30.5 Å². The molecule has 0 bridgehead atoms. The van der Waals surface area contributed by atoms with Crippen LogP contribution in [0.4, 0.5) is 13.2 Å². The summed E-state index contributed by atoms with van der Waals surface area (Å²) in [4.78, 5) is 14.2. The fourth-order valence-electron chi connectivity index (χ4n) is 1.71. The molecule has 1 aromatic rings. The summed E-state index contributed by atoms with van der Waals surface area (Å²) in [7, 11) is 0. The fourth-order valence-corrected chi connectivity index (χ4v) is 1.71. The van der Waals surface area contributed by atoms with E-state index < -0.39 is 17.8 Å². The summed E-state index contributed by atoms with van der Waals surface area (Å²) in [5.41, 5.74) is 0.143. The zero-order valence-corrected chi connectivity index (χ0v) is 10.6. The summed E-state index contributed by atoms with van der Waals surface area (Å²) in [6, 6.07) is 2.14. The Hall–Kier alpha value is -1.85. The molecule has 0 fully saturated rings. The molecule has 0 saturated carbocycles. The monoisotopic (exact) mass is 273 g/mol. The van der Waals surface area contributed by atoms with Crippen LogP contribution in [0.1, 0.15) is 37.2 Å². The molecule has 104 valence electrons. The predicted octanol–water partition coefficient (Wildman–Crippen LogP) is 3.54. The van der Waals surface area contributed by atoms with E-state index in [2.05, 4.69) is 4.98 Å². The molecular weight excluding hydrogens is 259 g/mol. The van der Waals surface area contributed by atoms with Gasteiger partial charge in [0.15, 0.2) is 0 Å². The van der Waals surface area contributed by atoms with Gasteiger partial charge < -0.3 is 5.11 Å². The molecule has 1 rings (SSSR count). The number of nitrogens with zero attached hydrogens (tertiary/aromatic N) is 1. The van der Waals surface area contributed by atoms with Crippen LogP contribution in [0.3, 0.4) is 0 Å². The summed E-state index contributed by atoms with van der Waals surface area (Å²) in [6.07, 6.45) is -2.54. The van der Waals surface area contributed by atoms with Crippen molar-refractivity contribution in [2.75, 3.05) is 0 Å². The number of aliphatic carboxylic acids is 1. The second-order valence-corrected chi connectivity index (χ2v) is 4.10. The quantitative estimate of drug-likeness (QED) is 0.853. The van der Waals surface area contributed by atoms with Crippen LogP contribution in [0.15, 0.2) is 18.2 Å². The molecule has 0 aliphatic rings. The van der Waals surface area contributed by atoms with Gasteiger partial charge in [0.05, 0.1) is 0 Å². The van der Waals surface area contributed by atoms with Gasteiger partial charge in [0.1, 0.15) is 5.69 Å². The Bertz CT molecular complexity index is 507. The van der Waals surface area contributed by atoms with E-state index in [9.17, 15) is 18.0 Å². The Balaban J connectivity index is 3.30. The first-order valence-corrected chi connectivity index (χ1v) is 5.74. The average molecular weight is 273 g/mol. The molecular formula is C13H14F3NO2. The van der Waals surface area contributed by atoms with E-state index in [1.54, 1.807) is 0 Å². The van der Waals surface area contributed by atoms with Crippen molar-refractivity contribution in [1.82, 2.24) is 4.98 Å². The molecule has 1 aromatic heterocycles. The lowest BCUT2D eigenvalue weighted by atomic mass is 10.0. The molecule has 1 heterocycles. The standard InChI is InChI=1S/C13H14F3NO2/c1-3-4-10-9(8(2)7-12(18)19)5-6-11(17-10)13(14,15)16/h5-7H,3-4H2,1-2H3,(H,18,19). The van der Waals surface area contributed by atoms with E-state index in [1.165, 1.54) is 13.0 Å². The Labute approximate surface area is 108 Å². The van der Waals surface area contributed by atoms with Gasteiger partial charge in [0.25, 0.3) is 0 Å². The normalized spacial score (nSPS) is 12.6. The van der Waals surface area contributed by atoms with Crippen LogP contribution in [0.2, 0.25) is 0 Å². The largest absolute Gasteiger partial charge is 0.478 e. The highest BCUT2D eigenvalue weighted by atomic mass is 19.4. The molecule has 6 heteroatoms. The van der Waals surface area contributed by atoms with Crippen molar-refractivity contribution >= 4 is 11.5 Å². The number of aryl methyl sites for hydroxylation is 1. The van der Waals surface area contributed by atoms with Crippen LogP contribution < -0.4 is 0 Å². The van der Waals surface area contributed by atoms with Crippen LogP contribution in [-0.4, -0.2) is 16.1 Å². The highest BCUT2D eigenvalue weighted by Gasteiger charge is 2.32. The zero-order valence-electron chi connectivity index (χ0n) is 10.6. The second-order valence-electron chi connectivity index (χ2n) is 4.10. The summed E-state index contributed by atoms with van der Waals surface area (Å²) in [6.45, 7) is 3.36. The third-order valence-electron chi connectivity index (χ3n) is 2.52. The maximum absolute atomic E-state index is 12.6. The third-order valence-corrected chi connectivity index (χ3v) is 2.52. The van der Waals surface area contributed by atoms with E-state index in [1.807, 2.05) is 6.92 Å². The van der Waals surface area contributed by atoms with Crippen molar-refractivity contribution in [3.63, 3.8) is 0 Å². The summed E-state index contributed by atoms with van der Waals surface area (Å²) in [5, 5.41) is 8.67. The highest BCUT2D eigenvalue weighted by molar-refractivity contribution is 5.89. The van der Waals surface area contributed by atoms with Crippen molar-refractivity contribution in [3.8, 4) is 0 Å². The number of alkyl halides is 3. The molecule has 0 spiro atoms. The van der Waals surface area contributed by atoms with Crippen LogP contribution in [0.25, 0.3) is 5.57 Å². The topological polar surface area (TPSA) is 50.2 Å². The zero-order chi connectivity index (χ0) is 14.6. The van der Waals surface area contributed by atoms with E-state index in [-0.39, 0.29) is 5.69 Å². The van der Waals surface area contributed by atoms with Crippen molar-refractivity contribution < 1.29 is 23.1 Å². The molecule has 0 unspecified atom stereocenters. The Morgan fingerprint density at radius 1 is 1.42 bits per heavy atom. The van der Waals surface area contributed by atoms with Gasteiger partial charge in [-0.15, -0.1) is 0 Å². The molecule has 0 amide bonds. The average Bonchev–Trinajstić information content (AvgIpc) is 2.27. The van der Waals surface area contributed by atoms with Crippen LogP contribution in [-0.2, 0) is 17.4 Å². The fraction of sp³-hybridized carbons (Fsp3) is 0.385. The minimum atomic E-state index is -4.49. The number of allylic oxidation sites excluding steroid dienone is 1. The summed E-state index contributed by atoms with van der Waals surface area (Å²) < 4.78 is 37.7. The van der Waals surface area contributed by atoms with E-state index in [0.29, 0.717) is 24.0 Å². The number of carboxylic acids is 1. The van der Waals surface area contributed by atoms with E-state index in [4.69, 9.17) is 5.11 Å². The van der Waals surface area contributed by atoms with Gasteiger partial charge in [-0.1, -0.05) is 19.4 Å². The molecule has 0 aliphatic carbocycles. The van der Waals surface area contributed by atoms with Gasteiger partial charge in [0, 0.05) is 11.8 Å². The lowest BCUT2D eigenvalue weighted by molar-refractivity contribution is -0.141. The third kappa shape index (κ3) is 4.08. The number of carboxylic acid groups (broad SMARTS) is 1. The minimum Gasteiger partial charge on any atom is -0.478 e. The maximum atomic E-state index is 12.6. The van der Waals surface area contributed by atoms with E-state index in [0.717, 1.165) is 12.1 Å². The molecule has 0 aromatic carbocycles. The number of carbonyl (C=O) groups is 1. The van der Waals surface area contributed by atoms with Gasteiger partial charge in [0.2, 0.25) is 0 Å². The van der Waals surface area contributed by atoms with Gasteiger partial charge in [-0.2, -0.15) is 13.2 Å². The number of aromatic nitrogens is 1. The summed E-state index contributed by atoms with van der Waals surface area (Å²) >= 11 is 0. The number of halogens is 3. The molecule has 0 aliphatic heterocycles. The molecule has 0 atom stereocenters. The minimum absolute atomic E-state index is 0.271. The van der Waals surface area contributed by atoms with Crippen molar-refractivity contribution in [1.29, 1.82) is 0 Å². The maximum Gasteiger partial charge on any atom is 0.433 e. The van der Waals surface area contributed by atoms with E-state index >= 15 is 0 Å². The first kappa shape index (κ1) is 15.2. The van der Waals surface area contributed by atoms with Crippen molar-refractivity contribution in [2.24, 2.45) is 0 Å². The van der Waals surface area contributed by atoms with Gasteiger partial charge >= 0.3 is 12.1 Å². The first-order chi connectivity index (χ1) is 8.75. The van der Waals surface area contributed by atoms with Crippen molar-refractivity contribution in [3.05, 3.63) is 35.2 Å². The number of hydrogen-bond donors (Lipinski definition) is 1. The van der Waals surface area contributed by atoms with Crippen LogP contribution >= 0.6 is 0 Å². The van der Waals surface area contributed by atoms with Crippen LogP contribution in [0.5, 0.6) is 0 Å². The number of pyridine rings is 1. The molecule has 1 N–H and O–H groups in total. The predicted molar refractivity (Wildman–Crippen MR) is 64.5 cm³/mol.